The fourth-order valence-corrected chi connectivity index (χ4v) is 2.48. The zero-order chi connectivity index (χ0) is 19.0. The molecule has 140 valence electrons. The topological polar surface area (TPSA) is 86.1 Å². The van der Waals surface area contributed by atoms with Gasteiger partial charge in [-0.25, -0.2) is 4.99 Å². The lowest BCUT2D eigenvalue weighted by Crippen LogP contribution is -2.44. The molecule has 0 saturated carbocycles. The Morgan fingerprint density at radius 1 is 1.15 bits per heavy atom. The molecule has 0 amide bonds. The van der Waals surface area contributed by atoms with Crippen LogP contribution in [0, 0.1) is 0 Å². The summed E-state index contributed by atoms with van der Waals surface area (Å²) in [5, 5.41) is 27.0. The zero-order valence-corrected chi connectivity index (χ0v) is 15.5. The number of hydrogen-bond acceptors (Lipinski definition) is 4. The minimum atomic E-state index is -1.03. The maximum Gasteiger partial charge on any atom is 0.191 e. The first-order valence-electron chi connectivity index (χ1n) is 8.62. The summed E-state index contributed by atoms with van der Waals surface area (Å²) in [6.07, 6.45) is 0. The number of aromatic hydroxyl groups is 1. The number of benzene rings is 2. The zero-order valence-electron chi connectivity index (χ0n) is 15.5. The molecule has 0 spiro atoms. The predicted octanol–water partition coefficient (Wildman–Crippen LogP) is 2.36. The van der Waals surface area contributed by atoms with Crippen LogP contribution < -0.4 is 15.4 Å². The highest BCUT2D eigenvalue weighted by Gasteiger charge is 2.22. The van der Waals surface area contributed by atoms with Crippen LogP contribution in [0.25, 0.3) is 0 Å². The molecule has 0 bridgehead atoms. The number of ether oxygens (including phenoxy) is 1. The summed E-state index contributed by atoms with van der Waals surface area (Å²) < 4.78 is 5.18. The van der Waals surface area contributed by atoms with Crippen LogP contribution in [0.4, 0.5) is 0 Å². The van der Waals surface area contributed by atoms with Crippen LogP contribution in [0.5, 0.6) is 11.5 Å². The van der Waals surface area contributed by atoms with Gasteiger partial charge in [0.05, 0.1) is 20.2 Å². The molecule has 4 N–H and O–H groups in total. The van der Waals surface area contributed by atoms with E-state index in [9.17, 15) is 10.2 Å². The maximum atomic E-state index is 10.7. The summed E-state index contributed by atoms with van der Waals surface area (Å²) in [4.78, 5) is 4.48. The summed E-state index contributed by atoms with van der Waals surface area (Å²) in [5.74, 6) is 1.39. The van der Waals surface area contributed by atoms with E-state index in [2.05, 4.69) is 15.6 Å². The number of methoxy groups -OCH3 is 1. The molecule has 2 aromatic rings. The molecule has 2 rings (SSSR count). The number of phenolic OH excluding ortho intramolecular Hbond substituents is 1. The SMILES string of the molecule is CCNC(=NCc1cc(OC)ccc1O)NCC(C)(O)c1ccccc1. The third-order valence-electron chi connectivity index (χ3n) is 4.03. The van der Waals surface area contributed by atoms with E-state index in [0.717, 1.165) is 5.56 Å². The van der Waals surface area contributed by atoms with Crippen molar-refractivity contribution in [2.45, 2.75) is 26.0 Å². The monoisotopic (exact) mass is 357 g/mol. The van der Waals surface area contributed by atoms with E-state index in [4.69, 9.17) is 4.74 Å². The third-order valence-corrected chi connectivity index (χ3v) is 4.03. The highest BCUT2D eigenvalue weighted by molar-refractivity contribution is 5.79. The second kappa shape index (κ2) is 9.10. The summed E-state index contributed by atoms with van der Waals surface area (Å²) >= 11 is 0. The molecule has 6 heteroatoms. The van der Waals surface area contributed by atoms with Crippen molar-refractivity contribution >= 4 is 5.96 Å². The number of rotatable bonds is 7. The number of phenols is 1. The molecule has 0 radical (unpaired) electrons. The molecule has 0 aromatic heterocycles. The Labute approximate surface area is 154 Å². The van der Waals surface area contributed by atoms with Gasteiger partial charge in [0.2, 0.25) is 0 Å². The molecule has 26 heavy (non-hydrogen) atoms. The molecule has 6 nitrogen and oxygen atoms in total. The Hall–Kier alpha value is -2.73. The van der Waals surface area contributed by atoms with Crippen molar-refractivity contribution < 1.29 is 14.9 Å². The van der Waals surface area contributed by atoms with E-state index in [1.54, 1.807) is 32.2 Å². The average Bonchev–Trinajstić information content (AvgIpc) is 2.66. The van der Waals surface area contributed by atoms with Gasteiger partial charge in [-0.1, -0.05) is 30.3 Å². The summed E-state index contributed by atoms with van der Waals surface area (Å²) in [7, 11) is 1.58. The first-order valence-corrected chi connectivity index (χ1v) is 8.62. The molecule has 1 atom stereocenters. The number of nitrogens with one attached hydrogen (secondary N) is 2. The van der Waals surface area contributed by atoms with Crippen molar-refractivity contribution in [3.63, 3.8) is 0 Å². The molecular formula is C20H27N3O3. The Morgan fingerprint density at radius 2 is 1.88 bits per heavy atom. The molecule has 0 heterocycles. The average molecular weight is 357 g/mol. The van der Waals surface area contributed by atoms with Crippen LogP contribution in [0.2, 0.25) is 0 Å². The van der Waals surface area contributed by atoms with Gasteiger partial charge in [0, 0.05) is 12.1 Å². The Bertz CT molecular complexity index is 730. The van der Waals surface area contributed by atoms with Crippen LogP contribution in [0.1, 0.15) is 25.0 Å². The first-order chi connectivity index (χ1) is 12.5. The number of hydrogen-bond donors (Lipinski definition) is 4. The lowest BCUT2D eigenvalue weighted by atomic mass is 9.96. The van der Waals surface area contributed by atoms with Crippen molar-refractivity contribution in [1.29, 1.82) is 0 Å². The van der Waals surface area contributed by atoms with Gasteiger partial charge in [0.25, 0.3) is 0 Å². The molecule has 0 fully saturated rings. The maximum absolute atomic E-state index is 10.7. The number of aliphatic hydroxyl groups is 1. The molecule has 0 aliphatic rings. The van der Waals surface area contributed by atoms with Gasteiger partial charge in [0.15, 0.2) is 5.96 Å². The highest BCUT2D eigenvalue weighted by Crippen LogP contribution is 2.23. The molecule has 0 saturated heterocycles. The number of guanidine groups is 1. The van der Waals surface area contributed by atoms with Crippen LogP contribution in [0.15, 0.2) is 53.5 Å². The quantitative estimate of drug-likeness (QED) is 0.451. The normalized spacial score (nSPS) is 13.8. The van der Waals surface area contributed by atoms with Gasteiger partial charge in [-0.3, -0.25) is 0 Å². The van der Waals surface area contributed by atoms with Crippen LogP contribution in [0.3, 0.4) is 0 Å². The smallest absolute Gasteiger partial charge is 0.191 e. The van der Waals surface area contributed by atoms with Crippen molar-refractivity contribution in [2.24, 2.45) is 4.99 Å². The largest absolute Gasteiger partial charge is 0.508 e. The molecule has 0 aliphatic heterocycles. The van der Waals surface area contributed by atoms with Gasteiger partial charge in [-0.05, 0) is 37.6 Å². The number of nitrogens with zero attached hydrogens (tertiary/aromatic N) is 1. The van der Waals surface area contributed by atoms with Gasteiger partial charge >= 0.3 is 0 Å². The summed E-state index contributed by atoms with van der Waals surface area (Å²) in [6, 6.07) is 14.5. The van der Waals surface area contributed by atoms with Gasteiger partial charge in [0.1, 0.15) is 17.1 Å². The van der Waals surface area contributed by atoms with Gasteiger partial charge in [-0.15, -0.1) is 0 Å². The van der Waals surface area contributed by atoms with Crippen molar-refractivity contribution in [2.75, 3.05) is 20.2 Å². The van der Waals surface area contributed by atoms with Crippen LogP contribution in [-0.4, -0.2) is 36.4 Å². The van der Waals surface area contributed by atoms with Crippen molar-refractivity contribution in [3.8, 4) is 11.5 Å². The van der Waals surface area contributed by atoms with Gasteiger partial charge in [-0.2, -0.15) is 0 Å². The Kier molecular flexibility index (Phi) is 6.86. The summed E-state index contributed by atoms with van der Waals surface area (Å²) in [6.45, 7) is 4.99. The van der Waals surface area contributed by atoms with E-state index in [1.165, 1.54) is 0 Å². The van der Waals surface area contributed by atoms with E-state index in [1.807, 2.05) is 37.3 Å². The molecular weight excluding hydrogens is 330 g/mol. The lowest BCUT2D eigenvalue weighted by Gasteiger charge is -2.25. The minimum absolute atomic E-state index is 0.168. The van der Waals surface area contributed by atoms with Crippen molar-refractivity contribution in [1.82, 2.24) is 10.6 Å². The molecule has 2 aromatic carbocycles. The lowest BCUT2D eigenvalue weighted by molar-refractivity contribution is 0.0617. The standard InChI is InChI=1S/C20H27N3O3/c1-4-21-19(22-13-15-12-17(26-3)10-11-18(15)24)23-14-20(2,25)16-8-6-5-7-9-16/h5-12,24-25H,4,13-14H2,1-3H3,(H2,21,22,23). The van der Waals surface area contributed by atoms with E-state index in [0.29, 0.717) is 30.4 Å². The Balaban J connectivity index is 2.07. The first kappa shape index (κ1) is 19.6. The second-order valence-electron chi connectivity index (χ2n) is 6.18. The Morgan fingerprint density at radius 3 is 2.54 bits per heavy atom. The third kappa shape index (κ3) is 5.39. The highest BCUT2D eigenvalue weighted by atomic mass is 16.5. The van der Waals surface area contributed by atoms with E-state index >= 15 is 0 Å². The van der Waals surface area contributed by atoms with Crippen LogP contribution >= 0.6 is 0 Å². The fourth-order valence-electron chi connectivity index (χ4n) is 2.48. The van der Waals surface area contributed by atoms with Crippen LogP contribution in [-0.2, 0) is 12.1 Å². The van der Waals surface area contributed by atoms with E-state index < -0.39 is 5.60 Å². The van der Waals surface area contributed by atoms with Crippen molar-refractivity contribution in [3.05, 3.63) is 59.7 Å². The predicted molar refractivity (Wildman–Crippen MR) is 103 cm³/mol. The fraction of sp³-hybridized carbons (Fsp3) is 0.350. The molecule has 0 aliphatic carbocycles. The van der Waals surface area contributed by atoms with E-state index in [-0.39, 0.29) is 12.3 Å². The molecule has 1 unspecified atom stereocenters. The number of aliphatic imine (C=N–C) groups is 1. The summed E-state index contributed by atoms with van der Waals surface area (Å²) in [5.41, 5.74) is 0.459. The second-order valence-corrected chi connectivity index (χ2v) is 6.18. The van der Waals surface area contributed by atoms with Gasteiger partial charge < -0.3 is 25.6 Å². The minimum Gasteiger partial charge on any atom is -0.508 e.